The first-order chi connectivity index (χ1) is 10.6. The third-order valence-corrected chi connectivity index (χ3v) is 2.85. The van der Waals surface area contributed by atoms with Crippen LogP contribution in [0.15, 0.2) is 70.0 Å². The van der Waals surface area contributed by atoms with Crippen molar-refractivity contribution in [2.75, 3.05) is 14.1 Å². The molecule has 0 radical (unpaired) electrons. The van der Waals surface area contributed by atoms with Gasteiger partial charge in [0.1, 0.15) is 11.5 Å². The van der Waals surface area contributed by atoms with Gasteiger partial charge in [-0.3, -0.25) is 4.79 Å². The van der Waals surface area contributed by atoms with Crippen LogP contribution in [0.3, 0.4) is 0 Å². The molecule has 1 heterocycles. The molecule has 0 aliphatic heterocycles. The summed E-state index contributed by atoms with van der Waals surface area (Å²) in [6.07, 6.45) is 11.3. The van der Waals surface area contributed by atoms with Gasteiger partial charge in [0.15, 0.2) is 5.43 Å². The van der Waals surface area contributed by atoms with E-state index < -0.39 is 0 Å². The Kier molecular flexibility index (Phi) is 5.69. The van der Waals surface area contributed by atoms with Gasteiger partial charge >= 0.3 is 0 Å². The smallest absolute Gasteiger partial charge is 0.186 e. The van der Waals surface area contributed by atoms with E-state index in [1.54, 1.807) is 12.2 Å². The van der Waals surface area contributed by atoms with Gasteiger partial charge in [-0.25, -0.2) is 0 Å². The molecule has 0 spiro atoms. The Hall–Kier alpha value is -2.65. The van der Waals surface area contributed by atoms with Crippen LogP contribution in [0.2, 0.25) is 0 Å². The number of nitrogens with one attached hydrogen (secondary N) is 1. The fourth-order valence-corrected chi connectivity index (χ4v) is 1.82. The SMILES string of the molecule is C[NH+](C)/C=C/C=C/c1cc(=O)cc(/C=C/c2ccccc2)o1. The minimum atomic E-state index is -0.0687. The molecule has 0 saturated heterocycles. The Morgan fingerprint density at radius 2 is 1.59 bits per heavy atom. The van der Waals surface area contributed by atoms with Gasteiger partial charge in [-0.05, 0) is 23.8 Å². The van der Waals surface area contributed by atoms with Gasteiger partial charge in [0.05, 0.1) is 20.3 Å². The predicted molar refractivity (Wildman–Crippen MR) is 91.3 cm³/mol. The van der Waals surface area contributed by atoms with Gasteiger partial charge in [-0.1, -0.05) is 42.5 Å². The van der Waals surface area contributed by atoms with Gasteiger partial charge in [-0.15, -0.1) is 0 Å². The maximum atomic E-state index is 11.7. The van der Waals surface area contributed by atoms with Crippen molar-refractivity contribution >= 4 is 18.2 Å². The number of quaternary nitrogens is 1. The van der Waals surface area contributed by atoms with Crippen LogP contribution in [0.25, 0.3) is 18.2 Å². The summed E-state index contributed by atoms with van der Waals surface area (Å²) in [4.78, 5) is 12.9. The van der Waals surface area contributed by atoms with E-state index in [-0.39, 0.29) is 5.43 Å². The summed E-state index contributed by atoms with van der Waals surface area (Å²) < 4.78 is 5.67. The maximum absolute atomic E-state index is 11.7. The molecule has 2 rings (SSSR count). The van der Waals surface area contributed by atoms with Crippen LogP contribution in [0.4, 0.5) is 0 Å². The lowest BCUT2D eigenvalue weighted by molar-refractivity contribution is -0.801. The molecular formula is C19H20NO2+. The molecule has 0 aliphatic rings. The van der Waals surface area contributed by atoms with E-state index >= 15 is 0 Å². The number of rotatable bonds is 5. The fraction of sp³-hybridized carbons (Fsp3) is 0.105. The van der Waals surface area contributed by atoms with Crippen molar-refractivity contribution in [2.45, 2.75) is 0 Å². The molecule has 0 unspecified atom stereocenters. The average molecular weight is 294 g/mol. The highest BCUT2D eigenvalue weighted by molar-refractivity contribution is 5.67. The van der Waals surface area contributed by atoms with Crippen molar-refractivity contribution in [3.8, 4) is 0 Å². The largest absolute Gasteiger partial charge is 0.457 e. The van der Waals surface area contributed by atoms with Crippen LogP contribution in [0, 0.1) is 0 Å². The summed E-state index contributed by atoms with van der Waals surface area (Å²) >= 11 is 0. The van der Waals surface area contributed by atoms with Crippen LogP contribution in [-0.4, -0.2) is 14.1 Å². The molecule has 1 N–H and O–H groups in total. The van der Waals surface area contributed by atoms with Gasteiger partial charge in [0.25, 0.3) is 0 Å². The third kappa shape index (κ3) is 5.38. The van der Waals surface area contributed by atoms with E-state index in [1.807, 2.05) is 68.9 Å². The Balaban J connectivity index is 2.17. The molecule has 0 aliphatic carbocycles. The fourth-order valence-electron chi connectivity index (χ4n) is 1.82. The van der Waals surface area contributed by atoms with Crippen molar-refractivity contribution in [2.24, 2.45) is 0 Å². The van der Waals surface area contributed by atoms with Crippen molar-refractivity contribution < 1.29 is 9.32 Å². The maximum Gasteiger partial charge on any atom is 0.186 e. The minimum absolute atomic E-state index is 0.0687. The van der Waals surface area contributed by atoms with Crippen LogP contribution < -0.4 is 10.3 Å². The molecule has 0 atom stereocenters. The number of hydrogen-bond acceptors (Lipinski definition) is 2. The van der Waals surface area contributed by atoms with Gasteiger partial charge in [-0.2, -0.15) is 0 Å². The van der Waals surface area contributed by atoms with Crippen molar-refractivity contribution in [1.29, 1.82) is 0 Å². The van der Waals surface area contributed by atoms with Crippen LogP contribution in [-0.2, 0) is 0 Å². The van der Waals surface area contributed by atoms with Crippen molar-refractivity contribution in [1.82, 2.24) is 0 Å². The lowest BCUT2D eigenvalue weighted by Crippen LogP contribution is -3.00. The molecule has 1 aromatic carbocycles. The summed E-state index contributed by atoms with van der Waals surface area (Å²) in [6, 6.07) is 12.8. The summed E-state index contributed by atoms with van der Waals surface area (Å²) in [5, 5.41) is 0. The van der Waals surface area contributed by atoms with E-state index in [9.17, 15) is 4.79 Å². The van der Waals surface area contributed by atoms with Gasteiger partial charge in [0, 0.05) is 12.1 Å². The van der Waals surface area contributed by atoms with Crippen LogP contribution in [0.5, 0.6) is 0 Å². The Bertz CT molecular complexity index is 738. The second kappa shape index (κ2) is 7.96. The molecule has 22 heavy (non-hydrogen) atoms. The number of hydrogen-bond donors (Lipinski definition) is 1. The summed E-state index contributed by atoms with van der Waals surface area (Å²) in [7, 11) is 4.05. The Morgan fingerprint density at radius 1 is 0.909 bits per heavy atom. The normalized spacial score (nSPS) is 12.1. The monoisotopic (exact) mass is 294 g/mol. The lowest BCUT2D eigenvalue weighted by Gasteiger charge is -1.97. The van der Waals surface area contributed by atoms with Crippen LogP contribution in [0.1, 0.15) is 17.1 Å². The molecule has 3 nitrogen and oxygen atoms in total. The first kappa shape index (κ1) is 15.7. The summed E-state index contributed by atoms with van der Waals surface area (Å²) in [6.45, 7) is 0. The van der Waals surface area contributed by atoms with Crippen LogP contribution >= 0.6 is 0 Å². The molecule has 3 heteroatoms. The predicted octanol–water partition coefficient (Wildman–Crippen LogP) is 2.48. The molecule has 0 bridgehead atoms. The lowest BCUT2D eigenvalue weighted by atomic mass is 10.2. The average Bonchev–Trinajstić information content (AvgIpc) is 2.50. The van der Waals surface area contributed by atoms with Gasteiger partial charge in [0.2, 0.25) is 0 Å². The van der Waals surface area contributed by atoms with E-state index in [0.29, 0.717) is 11.5 Å². The second-order valence-corrected chi connectivity index (χ2v) is 5.14. The third-order valence-electron chi connectivity index (χ3n) is 2.85. The molecule has 112 valence electrons. The van der Waals surface area contributed by atoms with Gasteiger partial charge < -0.3 is 9.32 Å². The van der Waals surface area contributed by atoms with E-state index in [2.05, 4.69) is 0 Å². The minimum Gasteiger partial charge on any atom is -0.457 e. The zero-order valence-electron chi connectivity index (χ0n) is 12.8. The number of benzene rings is 1. The molecule has 1 aromatic heterocycles. The molecule has 0 fully saturated rings. The summed E-state index contributed by atoms with van der Waals surface area (Å²) in [5.41, 5.74) is 0.990. The highest BCUT2D eigenvalue weighted by Crippen LogP contribution is 2.09. The molecule has 0 amide bonds. The zero-order valence-corrected chi connectivity index (χ0v) is 12.8. The quantitative estimate of drug-likeness (QED) is 0.860. The Morgan fingerprint density at radius 3 is 2.27 bits per heavy atom. The Labute approximate surface area is 130 Å². The van der Waals surface area contributed by atoms with Crippen molar-refractivity contribution in [3.63, 3.8) is 0 Å². The summed E-state index contributed by atoms with van der Waals surface area (Å²) in [5.74, 6) is 1.08. The van der Waals surface area contributed by atoms with E-state index in [1.165, 1.54) is 17.0 Å². The first-order valence-electron chi connectivity index (χ1n) is 7.17. The molecule has 0 saturated carbocycles. The van der Waals surface area contributed by atoms with Crippen molar-refractivity contribution in [3.05, 3.63) is 88.1 Å². The molecule has 2 aromatic rings. The van der Waals surface area contributed by atoms with E-state index in [0.717, 1.165) is 5.56 Å². The standard InChI is InChI=1S/C19H19NO2/c1-20(2)13-7-6-10-18-14-17(21)15-19(22-18)12-11-16-8-4-3-5-9-16/h3-15H,1-2H3/p+1/b10-6+,12-11+,13-7+. The second-order valence-electron chi connectivity index (χ2n) is 5.14. The molecular weight excluding hydrogens is 274 g/mol. The number of allylic oxidation sites excluding steroid dienone is 2. The van der Waals surface area contributed by atoms with E-state index in [4.69, 9.17) is 4.42 Å². The first-order valence-corrected chi connectivity index (χ1v) is 7.17. The zero-order chi connectivity index (χ0) is 15.8. The topological polar surface area (TPSA) is 34.7 Å². The highest BCUT2D eigenvalue weighted by atomic mass is 16.3. The highest BCUT2D eigenvalue weighted by Gasteiger charge is 1.97.